The number of rotatable bonds is 0. The summed E-state index contributed by atoms with van der Waals surface area (Å²) in [6, 6.07) is 10.4. The second-order valence-corrected chi connectivity index (χ2v) is 4.17. The normalized spacial score (nSPS) is 11.1. The Morgan fingerprint density at radius 2 is 1.81 bits per heavy atom. The van der Waals surface area contributed by atoms with E-state index in [0.29, 0.717) is 0 Å². The Morgan fingerprint density at radius 3 is 2.69 bits per heavy atom. The van der Waals surface area contributed by atoms with Crippen LogP contribution in [0.4, 0.5) is 0 Å². The summed E-state index contributed by atoms with van der Waals surface area (Å²) >= 11 is 0. The highest BCUT2D eigenvalue weighted by Gasteiger charge is 2.03. The number of benzene rings is 1. The van der Waals surface area contributed by atoms with Gasteiger partial charge in [-0.25, -0.2) is 0 Å². The summed E-state index contributed by atoms with van der Waals surface area (Å²) in [5.41, 5.74) is 4.27. The van der Waals surface area contributed by atoms with E-state index in [-0.39, 0.29) is 0 Å². The van der Waals surface area contributed by atoms with Gasteiger partial charge in [0.2, 0.25) is 0 Å². The molecule has 0 atom stereocenters. The minimum absolute atomic E-state index is 1.01. The van der Waals surface area contributed by atoms with Crippen molar-refractivity contribution in [2.75, 3.05) is 0 Å². The average molecular weight is 208 g/mol. The molecule has 0 radical (unpaired) electrons. The SMILES string of the molecule is Cc1cnc2ccc3ccc(C)nc3c2c1. The third kappa shape index (κ3) is 1.34. The molecular formula is C14H12N2. The first kappa shape index (κ1) is 9.28. The Bertz CT molecular complexity index is 626. The zero-order valence-corrected chi connectivity index (χ0v) is 9.36. The van der Waals surface area contributed by atoms with Gasteiger partial charge in [-0.15, -0.1) is 0 Å². The number of hydrogen-bond acceptors (Lipinski definition) is 2. The summed E-state index contributed by atoms with van der Waals surface area (Å²) in [6.07, 6.45) is 1.89. The van der Waals surface area contributed by atoms with Gasteiger partial charge in [-0.3, -0.25) is 9.97 Å². The van der Waals surface area contributed by atoms with Crippen molar-refractivity contribution in [2.45, 2.75) is 13.8 Å². The van der Waals surface area contributed by atoms with Crippen LogP contribution in [0.25, 0.3) is 21.8 Å². The number of nitrogens with zero attached hydrogens (tertiary/aromatic N) is 2. The molecule has 78 valence electrons. The Labute approximate surface area is 94.0 Å². The first-order valence-electron chi connectivity index (χ1n) is 5.37. The fraction of sp³-hybridized carbons (Fsp3) is 0.143. The van der Waals surface area contributed by atoms with E-state index in [1.807, 2.05) is 25.3 Å². The third-order valence-corrected chi connectivity index (χ3v) is 2.80. The molecule has 0 bridgehead atoms. The Morgan fingerprint density at radius 1 is 1.00 bits per heavy atom. The molecule has 3 aromatic rings. The lowest BCUT2D eigenvalue weighted by atomic mass is 10.1. The topological polar surface area (TPSA) is 25.8 Å². The summed E-state index contributed by atoms with van der Waals surface area (Å²) in [4.78, 5) is 9.03. The molecule has 2 nitrogen and oxygen atoms in total. The Balaban J connectivity index is 2.55. The van der Waals surface area contributed by atoms with E-state index in [9.17, 15) is 0 Å². The van der Waals surface area contributed by atoms with Gasteiger partial charge in [-0.05, 0) is 37.6 Å². The van der Waals surface area contributed by atoms with Crippen LogP contribution in [0.5, 0.6) is 0 Å². The van der Waals surface area contributed by atoms with Crippen molar-refractivity contribution in [3.8, 4) is 0 Å². The maximum atomic E-state index is 4.60. The molecule has 0 fully saturated rings. The standard InChI is InChI=1S/C14H12N2/c1-9-7-12-13(15-8-9)6-5-11-4-3-10(2)16-14(11)12/h3-8H,1-2H3. The van der Waals surface area contributed by atoms with Gasteiger partial charge in [0, 0.05) is 22.7 Å². The number of aromatic nitrogens is 2. The predicted octanol–water partition coefficient (Wildman–Crippen LogP) is 3.40. The van der Waals surface area contributed by atoms with E-state index in [1.165, 1.54) is 10.9 Å². The fourth-order valence-electron chi connectivity index (χ4n) is 1.99. The third-order valence-electron chi connectivity index (χ3n) is 2.80. The molecule has 0 amide bonds. The molecule has 0 saturated heterocycles. The molecule has 16 heavy (non-hydrogen) atoms. The highest BCUT2D eigenvalue weighted by atomic mass is 14.7. The predicted molar refractivity (Wildman–Crippen MR) is 66.5 cm³/mol. The van der Waals surface area contributed by atoms with Gasteiger partial charge in [-0.2, -0.15) is 0 Å². The van der Waals surface area contributed by atoms with Crippen LogP contribution in [0.2, 0.25) is 0 Å². The fourth-order valence-corrected chi connectivity index (χ4v) is 1.99. The van der Waals surface area contributed by atoms with E-state index >= 15 is 0 Å². The molecule has 3 rings (SSSR count). The molecule has 0 unspecified atom stereocenters. The zero-order chi connectivity index (χ0) is 11.1. The average Bonchev–Trinajstić information content (AvgIpc) is 2.29. The quantitative estimate of drug-likeness (QED) is 0.529. The van der Waals surface area contributed by atoms with Crippen LogP contribution in [-0.2, 0) is 0 Å². The first-order chi connectivity index (χ1) is 7.74. The largest absolute Gasteiger partial charge is 0.256 e. The maximum absolute atomic E-state index is 4.60. The molecule has 2 heterocycles. The van der Waals surface area contributed by atoms with Gasteiger partial charge >= 0.3 is 0 Å². The molecule has 0 saturated carbocycles. The van der Waals surface area contributed by atoms with Crippen molar-refractivity contribution in [2.24, 2.45) is 0 Å². The van der Waals surface area contributed by atoms with Crippen molar-refractivity contribution < 1.29 is 0 Å². The van der Waals surface area contributed by atoms with Crippen LogP contribution < -0.4 is 0 Å². The molecule has 0 aliphatic heterocycles. The van der Waals surface area contributed by atoms with Crippen molar-refractivity contribution in [1.82, 2.24) is 9.97 Å². The number of aryl methyl sites for hydroxylation is 2. The van der Waals surface area contributed by atoms with Crippen LogP contribution >= 0.6 is 0 Å². The van der Waals surface area contributed by atoms with Gasteiger partial charge in [0.1, 0.15) is 0 Å². The van der Waals surface area contributed by atoms with Crippen LogP contribution in [0.15, 0.2) is 36.5 Å². The van der Waals surface area contributed by atoms with Gasteiger partial charge < -0.3 is 0 Å². The number of hydrogen-bond donors (Lipinski definition) is 0. The molecule has 0 aliphatic carbocycles. The molecular weight excluding hydrogens is 196 g/mol. The van der Waals surface area contributed by atoms with Gasteiger partial charge in [-0.1, -0.05) is 12.1 Å². The van der Waals surface area contributed by atoms with E-state index in [1.54, 1.807) is 0 Å². The Kier molecular flexibility index (Phi) is 1.90. The molecule has 0 spiro atoms. The number of pyridine rings is 2. The minimum atomic E-state index is 1.01. The zero-order valence-electron chi connectivity index (χ0n) is 9.36. The molecule has 2 aromatic heterocycles. The monoisotopic (exact) mass is 208 g/mol. The van der Waals surface area contributed by atoms with Crippen molar-refractivity contribution in [3.05, 3.63) is 47.8 Å². The van der Waals surface area contributed by atoms with E-state index in [2.05, 4.69) is 35.1 Å². The van der Waals surface area contributed by atoms with E-state index < -0.39 is 0 Å². The summed E-state index contributed by atoms with van der Waals surface area (Å²) in [5.74, 6) is 0. The highest BCUT2D eigenvalue weighted by Crippen LogP contribution is 2.23. The summed E-state index contributed by atoms with van der Waals surface area (Å²) in [5, 5.41) is 2.31. The lowest BCUT2D eigenvalue weighted by Gasteiger charge is -2.04. The van der Waals surface area contributed by atoms with Crippen LogP contribution in [-0.4, -0.2) is 9.97 Å². The maximum Gasteiger partial charge on any atom is 0.0799 e. The summed E-state index contributed by atoms with van der Waals surface area (Å²) in [7, 11) is 0. The molecule has 0 aliphatic rings. The summed E-state index contributed by atoms with van der Waals surface area (Å²) < 4.78 is 0. The number of fused-ring (bicyclic) bond motifs is 3. The molecule has 2 heteroatoms. The van der Waals surface area contributed by atoms with Crippen molar-refractivity contribution >= 4 is 21.8 Å². The Hall–Kier alpha value is -1.96. The van der Waals surface area contributed by atoms with Gasteiger partial charge in [0.05, 0.1) is 11.0 Å². The first-order valence-corrected chi connectivity index (χ1v) is 5.37. The van der Waals surface area contributed by atoms with Crippen molar-refractivity contribution in [3.63, 3.8) is 0 Å². The highest BCUT2D eigenvalue weighted by molar-refractivity contribution is 6.03. The molecule has 0 N–H and O–H groups in total. The van der Waals surface area contributed by atoms with E-state index in [0.717, 1.165) is 22.1 Å². The van der Waals surface area contributed by atoms with Gasteiger partial charge in [0.15, 0.2) is 0 Å². The van der Waals surface area contributed by atoms with Crippen LogP contribution in [0.1, 0.15) is 11.3 Å². The van der Waals surface area contributed by atoms with Gasteiger partial charge in [0.25, 0.3) is 0 Å². The second-order valence-electron chi connectivity index (χ2n) is 4.17. The van der Waals surface area contributed by atoms with E-state index in [4.69, 9.17) is 0 Å². The van der Waals surface area contributed by atoms with Crippen molar-refractivity contribution in [1.29, 1.82) is 0 Å². The lowest BCUT2D eigenvalue weighted by molar-refractivity contribution is 1.26. The molecule has 1 aromatic carbocycles. The van der Waals surface area contributed by atoms with Crippen LogP contribution in [0.3, 0.4) is 0 Å². The second kappa shape index (κ2) is 3.27. The summed E-state index contributed by atoms with van der Waals surface area (Å²) in [6.45, 7) is 4.07. The lowest BCUT2D eigenvalue weighted by Crippen LogP contribution is -1.87. The smallest absolute Gasteiger partial charge is 0.0799 e. The van der Waals surface area contributed by atoms with Crippen LogP contribution in [0, 0.1) is 13.8 Å². The minimum Gasteiger partial charge on any atom is -0.256 e.